The molecule has 194 valence electrons. The lowest BCUT2D eigenvalue weighted by molar-refractivity contribution is 0.0697. The lowest BCUT2D eigenvalue weighted by Crippen LogP contribution is -2.55. The van der Waals surface area contributed by atoms with Crippen LogP contribution in [0.3, 0.4) is 0 Å². The zero-order valence-corrected chi connectivity index (χ0v) is 22.2. The highest BCUT2D eigenvalue weighted by Gasteiger charge is 2.41. The van der Waals surface area contributed by atoms with Gasteiger partial charge in [-0.15, -0.1) is 0 Å². The van der Waals surface area contributed by atoms with Crippen molar-refractivity contribution < 1.29 is 19.0 Å². The molecule has 0 spiro atoms. The number of carboxylic acids is 1. The molecule has 4 aromatic rings. The number of nitrogens with one attached hydrogen (secondary N) is 1. The number of aromatic carboxylic acids is 1. The zero-order chi connectivity index (χ0) is 26.6. The average molecular weight is 523 g/mol. The first-order valence-electron chi connectivity index (χ1n) is 11.8. The number of benzene rings is 3. The number of rotatable bonds is 6. The molecule has 0 amide bonds. The molecule has 9 heteroatoms. The second kappa shape index (κ2) is 11.2. The second-order valence-electron chi connectivity index (χ2n) is 9.20. The number of thioether (sulfide) groups is 1. The van der Waals surface area contributed by atoms with Crippen LogP contribution in [-0.2, 0) is 4.74 Å². The zero-order valence-electron chi connectivity index (χ0n) is 21.4. The number of methoxy groups -OCH3 is 1. The van der Waals surface area contributed by atoms with Gasteiger partial charge in [0.15, 0.2) is 0 Å². The molecule has 2 N–H and O–H groups in total. The highest BCUT2D eigenvalue weighted by molar-refractivity contribution is 7.97. The van der Waals surface area contributed by atoms with Crippen LogP contribution in [0.5, 0.6) is 0 Å². The van der Waals surface area contributed by atoms with Crippen LogP contribution in [0.25, 0.3) is 10.9 Å². The number of hydrogen-bond acceptors (Lipinski definition) is 6. The van der Waals surface area contributed by atoms with Gasteiger partial charge in [-0.3, -0.25) is 5.10 Å². The van der Waals surface area contributed by atoms with E-state index in [0.717, 1.165) is 33.7 Å². The van der Waals surface area contributed by atoms with Crippen LogP contribution < -0.4 is 9.80 Å². The molecule has 0 bridgehead atoms. The third kappa shape index (κ3) is 5.42. The summed E-state index contributed by atoms with van der Waals surface area (Å²) in [6.45, 7) is 3.31. The highest BCUT2D eigenvalue weighted by atomic mass is 32.2. The minimum atomic E-state index is -0.961. The fourth-order valence-corrected chi connectivity index (χ4v) is 4.72. The van der Waals surface area contributed by atoms with Gasteiger partial charge in [0.05, 0.1) is 34.2 Å². The topological polar surface area (TPSA) is 81.7 Å². The number of ether oxygens (including phenoxy) is 1. The largest absolute Gasteiger partial charge is 0.478 e. The number of aromatic amines is 1. The Labute approximate surface area is 220 Å². The number of carbonyl (C=O) groups is 1. The van der Waals surface area contributed by atoms with Crippen LogP contribution in [0.1, 0.15) is 23.7 Å². The standard InChI is InChI=1S/C26H25FN4O3.C2H6S/c1-26(11-12-34-2)16-30(20-7-3-17(4-8-20)25(32)33)23-14-22-18(15-28-29-22)13-24(23)31(26)21-9-5-19(27)6-10-21;1-3-2/h3-10,13-15H,11-12,16H2,1-2H3,(H,28,29)(H,32,33);1-2H3/t26-;/m0./s1. The number of aromatic nitrogens is 2. The Balaban J connectivity index is 0.00000102. The predicted molar refractivity (Wildman–Crippen MR) is 149 cm³/mol. The van der Waals surface area contributed by atoms with Crippen molar-refractivity contribution in [3.05, 3.63) is 78.2 Å². The van der Waals surface area contributed by atoms with Gasteiger partial charge in [0.25, 0.3) is 0 Å². The number of halogens is 1. The number of anilines is 4. The highest BCUT2D eigenvalue weighted by Crippen LogP contribution is 2.49. The third-order valence-electron chi connectivity index (χ3n) is 6.46. The minimum absolute atomic E-state index is 0.236. The maximum atomic E-state index is 13.8. The first kappa shape index (κ1) is 26.5. The predicted octanol–water partition coefficient (Wildman–Crippen LogP) is 6.46. The maximum absolute atomic E-state index is 13.8. The van der Waals surface area contributed by atoms with E-state index in [2.05, 4.69) is 39.1 Å². The molecule has 3 aromatic carbocycles. The van der Waals surface area contributed by atoms with Gasteiger partial charge < -0.3 is 19.6 Å². The Hall–Kier alpha value is -3.56. The van der Waals surface area contributed by atoms with Crippen molar-refractivity contribution in [2.45, 2.75) is 18.9 Å². The van der Waals surface area contributed by atoms with Crippen LogP contribution in [-0.4, -0.2) is 59.6 Å². The van der Waals surface area contributed by atoms with Crippen molar-refractivity contribution in [1.82, 2.24) is 10.2 Å². The van der Waals surface area contributed by atoms with Gasteiger partial charge in [-0.25, -0.2) is 9.18 Å². The van der Waals surface area contributed by atoms with E-state index in [-0.39, 0.29) is 11.4 Å². The summed E-state index contributed by atoms with van der Waals surface area (Å²) < 4.78 is 19.2. The average Bonchev–Trinajstić information content (AvgIpc) is 3.35. The van der Waals surface area contributed by atoms with E-state index in [0.29, 0.717) is 19.6 Å². The summed E-state index contributed by atoms with van der Waals surface area (Å²) in [5.74, 6) is -1.25. The molecule has 0 radical (unpaired) electrons. The molecule has 5 rings (SSSR count). The van der Waals surface area contributed by atoms with Crippen LogP contribution in [0.15, 0.2) is 66.9 Å². The van der Waals surface area contributed by atoms with E-state index in [4.69, 9.17) is 4.74 Å². The summed E-state index contributed by atoms with van der Waals surface area (Å²) in [4.78, 5) is 15.8. The van der Waals surface area contributed by atoms with Gasteiger partial charge >= 0.3 is 5.97 Å². The molecule has 1 atom stereocenters. The van der Waals surface area contributed by atoms with Crippen LogP contribution in [0, 0.1) is 5.82 Å². The molecule has 1 aliphatic heterocycles. The molecule has 1 aliphatic rings. The Morgan fingerprint density at radius 3 is 2.38 bits per heavy atom. The van der Waals surface area contributed by atoms with Crippen molar-refractivity contribution in [2.24, 2.45) is 0 Å². The number of H-pyrrole nitrogens is 1. The molecule has 0 saturated heterocycles. The van der Waals surface area contributed by atoms with Crippen molar-refractivity contribution in [3.63, 3.8) is 0 Å². The SMILES string of the molecule is COCC[C@@]1(C)CN(c2ccc(C(=O)O)cc2)c2cc3[nH]ncc3cc2N1c1ccc(F)cc1.CSC. The van der Waals surface area contributed by atoms with E-state index in [1.165, 1.54) is 12.1 Å². The van der Waals surface area contributed by atoms with Gasteiger partial charge in [-0.1, -0.05) is 0 Å². The van der Waals surface area contributed by atoms with E-state index in [1.807, 2.05) is 24.6 Å². The Kier molecular flexibility index (Phi) is 8.04. The molecule has 0 unspecified atom stereocenters. The number of nitrogens with zero attached hydrogens (tertiary/aromatic N) is 3. The van der Waals surface area contributed by atoms with E-state index in [9.17, 15) is 14.3 Å². The normalized spacial score (nSPS) is 16.8. The Morgan fingerprint density at radius 1 is 1.11 bits per heavy atom. The van der Waals surface area contributed by atoms with Gasteiger partial charge in [0, 0.05) is 37.0 Å². The maximum Gasteiger partial charge on any atom is 0.335 e. The van der Waals surface area contributed by atoms with Gasteiger partial charge in [0.2, 0.25) is 0 Å². The fourth-order valence-electron chi connectivity index (χ4n) is 4.72. The Bertz CT molecular complexity index is 1360. The quantitative estimate of drug-likeness (QED) is 0.301. The molecule has 37 heavy (non-hydrogen) atoms. The monoisotopic (exact) mass is 522 g/mol. The lowest BCUT2D eigenvalue weighted by atomic mass is 9.88. The Morgan fingerprint density at radius 2 is 1.76 bits per heavy atom. The molecule has 0 aliphatic carbocycles. The van der Waals surface area contributed by atoms with Gasteiger partial charge in [-0.2, -0.15) is 16.9 Å². The number of carboxylic acid groups (broad SMARTS) is 1. The molecular formula is C28H31FN4O3S. The first-order valence-corrected chi connectivity index (χ1v) is 13.5. The molecule has 2 heterocycles. The van der Waals surface area contributed by atoms with Crippen molar-refractivity contribution >= 4 is 51.4 Å². The molecule has 1 aromatic heterocycles. The smallest absolute Gasteiger partial charge is 0.335 e. The number of hydrogen-bond donors (Lipinski definition) is 2. The fraction of sp³-hybridized carbons (Fsp3) is 0.286. The van der Waals surface area contributed by atoms with Gasteiger partial charge in [-0.05, 0) is 86.5 Å². The lowest BCUT2D eigenvalue weighted by Gasteiger charge is -2.51. The molecule has 0 fully saturated rings. The van der Waals surface area contributed by atoms with Crippen LogP contribution in [0.2, 0.25) is 0 Å². The third-order valence-corrected chi connectivity index (χ3v) is 6.46. The van der Waals surface area contributed by atoms with Crippen molar-refractivity contribution in [1.29, 1.82) is 0 Å². The summed E-state index contributed by atoms with van der Waals surface area (Å²) in [7, 11) is 1.68. The molecule has 0 saturated carbocycles. The summed E-state index contributed by atoms with van der Waals surface area (Å²) in [5.41, 5.74) is 4.37. The minimum Gasteiger partial charge on any atom is -0.478 e. The van der Waals surface area contributed by atoms with Crippen LogP contribution in [0.4, 0.5) is 27.1 Å². The summed E-state index contributed by atoms with van der Waals surface area (Å²) >= 11 is 1.75. The van der Waals surface area contributed by atoms with E-state index >= 15 is 0 Å². The van der Waals surface area contributed by atoms with Gasteiger partial charge in [0.1, 0.15) is 5.82 Å². The summed E-state index contributed by atoms with van der Waals surface area (Å²) in [6.07, 6.45) is 6.58. The van der Waals surface area contributed by atoms with Crippen molar-refractivity contribution in [2.75, 3.05) is 42.6 Å². The first-order chi connectivity index (χ1) is 17.8. The molecular weight excluding hydrogens is 491 g/mol. The summed E-state index contributed by atoms with van der Waals surface area (Å²) in [5, 5.41) is 17.5. The van der Waals surface area contributed by atoms with Crippen molar-refractivity contribution in [3.8, 4) is 0 Å². The van der Waals surface area contributed by atoms with E-state index < -0.39 is 11.5 Å². The van der Waals surface area contributed by atoms with E-state index in [1.54, 1.807) is 49.3 Å². The number of fused-ring (bicyclic) bond motifs is 2. The summed E-state index contributed by atoms with van der Waals surface area (Å²) in [6, 6.07) is 17.6. The van der Waals surface area contributed by atoms with Crippen LogP contribution >= 0.6 is 11.8 Å². The second-order valence-corrected chi connectivity index (χ2v) is 10.0. The molecule has 7 nitrogen and oxygen atoms in total.